The number of fused-ring (bicyclic) bond motifs is 1. The minimum Gasteiger partial charge on any atom is -0.368 e. The Morgan fingerprint density at radius 1 is 1.28 bits per heavy atom. The number of amides is 2. The van der Waals surface area contributed by atoms with E-state index in [9.17, 15) is 4.79 Å². The Labute approximate surface area is 106 Å². The molecular formula is C13H14N4O. The molecule has 92 valence electrons. The van der Waals surface area contributed by atoms with Gasteiger partial charge >= 0.3 is 6.03 Å². The van der Waals surface area contributed by atoms with Gasteiger partial charge < -0.3 is 15.1 Å². The standard InChI is InChI=1S/C13H14N4O/c14-7-10-1-3-11(4-2-10)16-5-6-17-12(9-16)8-15-13(17)18/h1-4,12H,5-6,8-9H2,(H,15,18). The molecule has 2 saturated heterocycles. The first-order valence-corrected chi connectivity index (χ1v) is 6.07. The van der Waals surface area contributed by atoms with Gasteiger partial charge in [0.2, 0.25) is 0 Å². The summed E-state index contributed by atoms with van der Waals surface area (Å²) in [4.78, 5) is 15.7. The van der Waals surface area contributed by atoms with Crippen molar-refractivity contribution >= 4 is 11.7 Å². The molecule has 0 radical (unpaired) electrons. The Morgan fingerprint density at radius 3 is 2.78 bits per heavy atom. The van der Waals surface area contributed by atoms with Crippen molar-refractivity contribution in [2.75, 3.05) is 31.1 Å². The number of rotatable bonds is 1. The molecule has 0 spiro atoms. The lowest BCUT2D eigenvalue weighted by Gasteiger charge is -2.37. The number of benzene rings is 1. The van der Waals surface area contributed by atoms with Crippen LogP contribution in [-0.4, -0.2) is 43.2 Å². The number of carbonyl (C=O) groups is 1. The molecule has 5 nitrogen and oxygen atoms in total. The van der Waals surface area contributed by atoms with Crippen LogP contribution in [0, 0.1) is 11.3 Å². The molecule has 2 heterocycles. The van der Waals surface area contributed by atoms with Crippen LogP contribution in [-0.2, 0) is 0 Å². The summed E-state index contributed by atoms with van der Waals surface area (Å²) in [6.07, 6.45) is 0. The lowest BCUT2D eigenvalue weighted by Crippen LogP contribution is -2.52. The van der Waals surface area contributed by atoms with Crippen LogP contribution in [0.2, 0.25) is 0 Å². The third-order valence-corrected chi connectivity index (χ3v) is 3.59. The third-order valence-electron chi connectivity index (χ3n) is 3.59. The fraction of sp³-hybridized carbons (Fsp3) is 0.385. The van der Waals surface area contributed by atoms with E-state index >= 15 is 0 Å². The fourth-order valence-corrected chi connectivity index (χ4v) is 2.59. The first-order chi connectivity index (χ1) is 8.78. The zero-order chi connectivity index (χ0) is 12.5. The van der Waals surface area contributed by atoms with Crippen molar-refractivity contribution in [1.29, 1.82) is 5.26 Å². The monoisotopic (exact) mass is 242 g/mol. The predicted molar refractivity (Wildman–Crippen MR) is 67.3 cm³/mol. The van der Waals surface area contributed by atoms with Crippen molar-refractivity contribution in [3.63, 3.8) is 0 Å². The molecule has 2 aliphatic rings. The van der Waals surface area contributed by atoms with Crippen molar-refractivity contribution in [3.8, 4) is 6.07 Å². The quantitative estimate of drug-likeness (QED) is 0.791. The van der Waals surface area contributed by atoms with E-state index in [0.717, 1.165) is 31.9 Å². The van der Waals surface area contributed by atoms with Crippen LogP contribution in [0.15, 0.2) is 24.3 Å². The average Bonchev–Trinajstić information content (AvgIpc) is 2.80. The zero-order valence-electron chi connectivity index (χ0n) is 9.97. The molecule has 1 aromatic carbocycles. The van der Waals surface area contributed by atoms with E-state index in [1.54, 1.807) is 0 Å². The Balaban J connectivity index is 1.74. The maximum atomic E-state index is 11.5. The molecule has 1 unspecified atom stereocenters. The maximum absolute atomic E-state index is 11.5. The van der Waals surface area contributed by atoms with Crippen LogP contribution in [0.25, 0.3) is 0 Å². The van der Waals surface area contributed by atoms with E-state index in [1.165, 1.54) is 0 Å². The Morgan fingerprint density at radius 2 is 2.06 bits per heavy atom. The van der Waals surface area contributed by atoms with Gasteiger partial charge in [-0.25, -0.2) is 4.79 Å². The summed E-state index contributed by atoms with van der Waals surface area (Å²) >= 11 is 0. The van der Waals surface area contributed by atoms with Gasteiger partial charge in [-0.3, -0.25) is 0 Å². The minimum absolute atomic E-state index is 0.0551. The van der Waals surface area contributed by atoms with Crippen LogP contribution in [0.1, 0.15) is 5.56 Å². The minimum atomic E-state index is 0.0551. The lowest BCUT2D eigenvalue weighted by atomic mass is 10.1. The summed E-state index contributed by atoms with van der Waals surface area (Å²) in [5, 5.41) is 11.6. The largest absolute Gasteiger partial charge is 0.368 e. The van der Waals surface area contributed by atoms with Crippen molar-refractivity contribution in [1.82, 2.24) is 10.2 Å². The van der Waals surface area contributed by atoms with E-state index in [2.05, 4.69) is 16.3 Å². The zero-order valence-corrected chi connectivity index (χ0v) is 9.97. The van der Waals surface area contributed by atoms with Gasteiger partial charge in [-0.1, -0.05) is 0 Å². The molecule has 0 bridgehead atoms. The molecule has 3 rings (SSSR count). The van der Waals surface area contributed by atoms with Gasteiger partial charge in [-0.05, 0) is 24.3 Å². The van der Waals surface area contributed by atoms with E-state index in [-0.39, 0.29) is 12.1 Å². The summed E-state index contributed by atoms with van der Waals surface area (Å²) < 4.78 is 0. The maximum Gasteiger partial charge on any atom is 0.317 e. The second kappa shape index (κ2) is 4.22. The number of urea groups is 1. The average molecular weight is 242 g/mol. The normalized spacial score (nSPS) is 22.4. The van der Waals surface area contributed by atoms with Gasteiger partial charge in [0.15, 0.2) is 0 Å². The van der Waals surface area contributed by atoms with Crippen molar-refractivity contribution < 1.29 is 4.79 Å². The Bertz CT molecular complexity index is 505. The Kier molecular flexibility index (Phi) is 2.56. The summed E-state index contributed by atoms with van der Waals surface area (Å²) in [7, 11) is 0. The number of nitriles is 1. The predicted octanol–water partition coefficient (Wildman–Crippen LogP) is 0.772. The lowest BCUT2D eigenvalue weighted by molar-refractivity contribution is 0.197. The summed E-state index contributed by atoms with van der Waals surface area (Å²) in [6.45, 7) is 3.18. The molecule has 1 N–H and O–H groups in total. The van der Waals surface area contributed by atoms with Crippen LogP contribution < -0.4 is 10.2 Å². The molecule has 1 atom stereocenters. The van der Waals surface area contributed by atoms with Gasteiger partial charge in [-0.15, -0.1) is 0 Å². The highest BCUT2D eigenvalue weighted by atomic mass is 16.2. The molecule has 2 aliphatic heterocycles. The van der Waals surface area contributed by atoms with Crippen molar-refractivity contribution in [2.24, 2.45) is 0 Å². The number of hydrogen-bond acceptors (Lipinski definition) is 3. The van der Waals surface area contributed by atoms with Gasteiger partial charge in [0, 0.05) is 31.9 Å². The summed E-state index contributed by atoms with van der Waals surface area (Å²) in [6, 6.07) is 10.0. The van der Waals surface area contributed by atoms with E-state index < -0.39 is 0 Å². The molecule has 2 amide bonds. The molecule has 2 fully saturated rings. The second-order valence-electron chi connectivity index (χ2n) is 4.64. The third kappa shape index (κ3) is 1.76. The number of hydrogen-bond donors (Lipinski definition) is 1. The number of piperazine rings is 1. The van der Waals surface area contributed by atoms with Gasteiger partial charge in [-0.2, -0.15) is 5.26 Å². The smallest absolute Gasteiger partial charge is 0.317 e. The number of nitrogens with one attached hydrogen (secondary N) is 1. The second-order valence-corrected chi connectivity index (χ2v) is 4.64. The number of nitrogens with zero attached hydrogens (tertiary/aromatic N) is 3. The first-order valence-electron chi connectivity index (χ1n) is 6.07. The van der Waals surface area contributed by atoms with Gasteiger partial charge in [0.1, 0.15) is 0 Å². The topological polar surface area (TPSA) is 59.4 Å². The molecule has 0 aliphatic carbocycles. The molecule has 1 aromatic rings. The molecule has 18 heavy (non-hydrogen) atoms. The summed E-state index contributed by atoms with van der Waals surface area (Å²) in [5.74, 6) is 0. The van der Waals surface area contributed by atoms with E-state index in [1.807, 2.05) is 29.2 Å². The van der Waals surface area contributed by atoms with E-state index in [4.69, 9.17) is 5.26 Å². The molecule has 5 heteroatoms. The molecule has 0 saturated carbocycles. The van der Waals surface area contributed by atoms with E-state index in [0.29, 0.717) is 5.56 Å². The van der Waals surface area contributed by atoms with Crippen molar-refractivity contribution in [2.45, 2.75) is 6.04 Å². The van der Waals surface area contributed by atoms with Crippen LogP contribution in [0.3, 0.4) is 0 Å². The Hall–Kier alpha value is -2.22. The molecule has 0 aromatic heterocycles. The van der Waals surface area contributed by atoms with Gasteiger partial charge in [0.25, 0.3) is 0 Å². The highest BCUT2D eigenvalue weighted by Gasteiger charge is 2.35. The van der Waals surface area contributed by atoms with Gasteiger partial charge in [0.05, 0.1) is 17.7 Å². The highest BCUT2D eigenvalue weighted by Crippen LogP contribution is 2.21. The summed E-state index contributed by atoms with van der Waals surface area (Å²) in [5.41, 5.74) is 1.79. The fourth-order valence-electron chi connectivity index (χ4n) is 2.59. The number of carbonyl (C=O) groups excluding carboxylic acids is 1. The van der Waals surface area contributed by atoms with Crippen LogP contribution in [0.5, 0.6) is 0 Å². The SMILES string of the molecule is N#Cc1ccc(N2CCN3C(=O)NCC3C2)cc1. The van der Waals surface area contributed by atoms with Crippen LogP contribution in [0.4, 0.5) is 10.5 Å². The highest BCUT2D eigenvalue weighted by molar-refractivity contribution is 5.77. The number of anilines is 1. The first kappa shape index (κ1) is 10.9. The van der Waals surface area contributed by atoms with Crippen molar-refractivity contribution in [3.05, 3.63) is 29.8 Å². The molecular weight excluding hydrogens is 228 g/mol. The van der Waals surface area contributed by atoms with Crippen LogP contribution >= 0.6 is 0 Å².